The molecule has 1 aromatic rings. The molecule has 1 aromatic carbocycles. The van der Waals surface area contributed by atoms with E-state index in [1.165, 1.54) is 13.0 Å². The smallest absolute Gasteiger partial charge is 0.469 e. The van der Waals surface area contributed by atoms with Gasteiger partial charge in [-0.25, -0.2) is 0 Å². The normalized spacial score (nSPS) is 12.2. The van der Waals surface area contributed by atoms with Gasteiger partial charge in [0.25, 0.3) is 0 Å². The molecule has 146 valence electrons. The van der Waals surface area contributed by atoms with Gasteiger partial charge in [-0.3, -0.25) is 9.59 Å². The summed E-state index contributed by atoms with van der Waals surface area (Å²) < 4.78 is 74.2. The maximum Gasteiger partial charge on any atom is 0.534 e. The quantitative estimate of drug-likeness (QED) is 0.127. The number of hydrogen-bond acceptors (Lipinski definition) is 7. The summed E-state index contributed by atoms with van der Waals surface area (Å²) >= 11 is 1.85. The van der Waals surface area contributed by atoms with Gasteiger partial charge in [0.1, 0.15) is 12.2 Å². The van der Waals surface area contributed by atoms with Crippen molar-refractivity contribution in [1.29, 1.82) is 0 Å². The van der Waals surface area contributed by atoms with Crippen molar-refractivity contribution in [2.75, 3.05) is 7.11 Å². The van der Waals surface area contributed by atoms with Crippen molar-refractivity contribution < 1.29 is 44.6 Å². The molecule has 0 saturated carbocycles. The van der Waals surface area contributed by atoms with Gasteiger partial charge in [0.15, 0.2) is 11.5 Å². The molecule has 0 amide bonds. The van der Waals surface area contributed by atoms with E-state index in [4.69, 9.17) is 4.52 Å². The number of ether oxygens (including phenoxy) is 1. The van der Waals surface area contributed by atoms with Crippen molar-refractivity contribution >= 4 is 50.4 Å². The van der Waals surface area contributed by atoms with E-state index < -0.39 is 39.5 Å². The third-order valence-corrected chi connectivity index (χ3v) is 4.91. The van der Waals surface area contributed by atoms with Crippen LogP contribution in [0.25, 0.3) is 0 Å². The summed E-state index contributed by atoms with van der Waals surface area (Å²) in [6.07, 6.45) is -0.724. The van der Waals surface area contributed by atoms with Crippen LogP contribution in [0.15, 0.2) is 12.1 Å². The van der Waals surface area contributed by atoms with Crippen molar-refractivity contribution in [2.24, 2.45) is 0 Å². The van der Waals surface area contributed by atoms with Gasteiger partial charge in [0, 0.05) is 12.5 Å². The summed E-state index contributed by atoms with van der Waals surface area (Å²) in [5, 5.41) is 0. The Bertz CT molecular complexity index is 796. The van der Waals surface area contributed by atoms with Gasteiger partial charge < -0.3 is 13.4 Å². The highest BCUT2D eigenvalue weighted by Gasteiger charge is 2.49. The topological polar surface area (TPSA) is 96.0 Å². The molecule has 13 heteroatoms. The van der Waals surface area contributed by atoms with E-state index in [1.54, 1.807) is 0 Å². The largest absolute Gasteiger partial charge is 0.534 e. The fourth-order valence-corrected chi connectivity index (χ4v) is 3.29. The lowest BCUT2D eigenvalue weighted by Gasteiger charge is -2.16. The summed E-state index contributed by atoms with van der Waals surface area (Å²) in [5.74, 6) is -2.26. The van der Waals surface area contributed by atoms with Crippen LogP contribution in [-0.2, 0) is 19.6 Å². The molecule has 7 nitrogen and oxygen atoms in total. The zero-order valence-corrected chi connectivity index (χ0v) is 17.3. The summed E-state index contributed by atoms with van der Waals surface area (Å²) in [4.78, 5) is 23.5. The van der Waals surface area contributed by atoms with Crippen molar-refractivity contribution in [2.45, 2.75) is 25.3 Å². The first-order valence-corrected chi connectivity index (χ1v) is 12.1. The first-order chi connectivity index (χ1) is 11.9. The minimum absolute atomic E-state index is 0.0344. The number of carbonyl (C=O) groups is 2. The number of aryl methyl sites for hydroxylation is 1. The second-order valence-electron chi connectivity index (χ2n) is 4.78. The molecule has 0 heterocycles. The highest BCUT2D eigenvalue weighted by Crippen LogP contribution is 2.37. The molecule has 0 spiro atoms. The van der Waals surface area contributed by atoms with E-state index in [1.807, 2.05) is 22.0 Å². The summed E-state index contributed by atoms with van der Waals surface area (Å²) in [5.41, 5.74) is -5.92. The first kappa shape index (κ1) is 22.9. The van der Waals surface area contributed by atoms with Crippen LogP contribution in [0.3, 0.4) is 0 Å². The molecule has 0 bridgehead atoms. The SMILES string of the molecule is COC(=O)CCC(=O)c1c(C)cc(OPI)cc1OS(=O)(=O)C(F)(F)F. The lowest BCUT2D eigenvalue weighted by atomic mass is 10.00. The Morgan fingerprint density at radius 1 is 1.23 bits per heavy atom. The van der Waals surface area contributed by atoms with Crippen molar-refractivity contribution in [1.82, 2.24) is 0 Å². The van der Waals surface area contributed by atoms with Crippen molar-refractivity contribution in [3.63, 3.8) is 0 Å². The number of methoxy groups -OCH3 is 1. The molecule has 1 atom stereocenters. The lowest BCUT2D eigenvalue weighted by Crippen LogP contribution is -2.28. The molecule has 0 aliphatic carbocycles. The van der Waals surface area contributed by atoms with Crippen LogP contribution in [0.1, 0.15) is 28.8 Å². The van der Waals surface area contributed by atoms with Crippen LogP contribution < -0.4 is 8.71 Å². The van der Waals surface area contributed by atoms with Crippen molar-refractivity contribution in [3.05, 3.63) is 23.3 Å². The lowest BCUT2D eigenvalue weighted by molar-refractivity contribution is -0.140. The predicted octanol–water partition coefficient (Wildman–Crippen LogP) is 3.68. The van der Waals surface area contributed by atoms with Crippen molar-refractivity contribution in [3.8, 4) is 11.5 Å². The molecule has 0 fully saturated rings. The van der Waals surface area contributed by atoms with Crippen LogP contribution in [0.4, 0.5) is 13.2 Å². The average Bonchev–Trinajstić information content (AvgIpc) is 2.50. The van der Waals surface area contributed by atoms with Crippen LogP contribution >= 0.6 is 28.5 Å². The number of alkyl halides is 3. The number of esters is 1. The second kappa shape index (κ2) is 9.18. The number of carbonyl (C=O) groups excluding carboxylic acids is 2. The monoisotopic (exact) mass is 528 g/mol. The molecular formula is C13H13F3IO7PS. The highest BCUT2D eigenvalue weighted by atomic mass is 127. The van der Waals surface area contributed by atoms with Crippen LogP contribution in [-0.4, -0.2) is 32.8 Å². The fourth-order valence-electron chi connectivity index (χ4n) is 1.86. The maximum absolute atomic E-state index is 12.6. The third kappa shape index (κ3) is 5.95. The van der Waals surface area contributed by atoms with Gasteiger partial charge in [-0.2, -0.15) is 21.6 Å². The zero-order chi connectivity index (χ0) is 20.1. The van der Waals surface area contributed by atoms with Gasteiger partial charge in [-0.05, 0) is 40.6 Å². The third-order valence-electron chi connectivity index (χ3n) is 2.97. The molecule has 0 saturated heterocycles. The Kier molecular flexibility index (Phi) is 8.08. The van der Waals surface area contributed by atoms with Crippen LogP contribution in [0.2, 0.25) is 0 Å². The Morgan fingerprint density at radius 2 is 1.85 bits per heavy atom. The zero-order valence-electron chi connectivity index (χ0n) is 13.3. The molecular weight excluding hydrogens is 515 g/mol. The number of benzene rings is 1. The first-order valence-electron chi connectivity index (χ1n) is 6.70. The van der Waals surface area contributed by atoms with E-state index >= 15 is 0 Å². The predicted molar refractivity (Wildman–Crippen MR) is 95.3 cm³/mol. The maximum atomic E-state index is 12.6. The summed E-state index contributed by atoms with van der Waals surface area (Å²) in [7, 11) is -4.88. The number of ketones is 1. The molecule has 0 radical (unpaired) electrons. The number of halogens is 4. The second-order valence-corrected chi connectivity index (χ2v) is 7.99. The molecule has 0 aromatic heterocycles. The number of rotatable bonds is 8. The number of hydrogen-bond donors (Lipinski definition) is 0. The minimum Gasteiger partial charge on any atom is -0.469 e. The average molecular weight is 528 g/mol. The highest BCUT2D eigenvalue weighted by molar-refractivity contribution is 14.2. The number of Topliss-reactive ketones (excluding diaryl/α,β-unsaturated/α-hetero) is 1. The summed E-state index contributed by atoms with van der Waals surface area (Å²) in [6.45, 7) is 1.27. The van der Waals surface area contributed by atoms with E-state index in [9.17, 15) is 31.2 Å². The Hall–Kier alpha value is -1.14. The molecule has 1 rings (SSSR count). The van der Waals surface area contributed by atoms with Crippen LogP contribution in [0, 0.1) is 6.92 Å². The van der Waals surface area contributed by atoms with Gasteiger partial charge in [0.2, 0.25) is 0 Å². The van der Waals surface area contributed by atoms with E-state index in [-0.39, 0.29) is 29.7 Å². The minimum atomic E-state index is -5.99. The van der Waals surface area contributed by atoms with E-state index in [2.05, 4.69) is 8.92 Å². The van der Waals surface area contributed by atoms with Gasteiger partial charge in [-0.15, -0.1) is 0 Å². The molecule has 1 unspecified atom stereocenters. The van der Waals surface area contributed by atoms with Gasteiger partial charge in [-0.1, -0.05) is 0 Å². The molecule has 0 aliphatic heterocycles. The summed E-state index contributed by atoms with van der Waals surface area (Å²) in [6, 6.07) is 2.23. The fraction of sp³-hybridized carbons (Fsp3) is 0.385. The molecule has 0 aliphatic rings. The Balaban J connectivity index is 3.35. The van der Waals surface area contributed by atoms with E-state index in [0.717, 1.165) is 13.2 Å². The Labute approximate surface area is 162 Å². The van der Waals surface area contributed by atoms with E-state index in [0.29, 0.717) is 0 Å². The standard InChI is InChI=1S/C13H13F3IO7PS/c1-7-5-8(23-25-17)6-10(24-26(20,21)13(14,15)16)12(7)9(18)3-4-11(19)22-2/h5-6,25H,3-4H2,1-2H3. The van der Waals surface area contributed by atoms with Gasteiger partial charge >= 0.3 is 21.6 Å². The Morgan fingerprint density at radius 3 is 2.35 bits per heavy atom. The van der Waals surface area contributed by atoms with Crippen LogP contribution in [0.5, 0.6) is 11.5 Å². The van der Waals surface area contributed by atoms with Gasteiger partial charge in [0.05, 0.1) is 19.1 Å². The molecule has 26 heavy (non-hydrogen) atoms. The molecule has 0 N–H and O–H groups in total.